The highest BCUT2D eigenvalue weighted by Gasteiger charge is 2.37. The summed E-state index contributed by atoms with van der Waals surface area (Å²) in [5.74, 6) is -1.84. The normalized spacial score (nSPS) is 13.8. The van der Waals surface area contributed by atoms with E-state index in [0.717, 1.165) is 29.2 Å². The van der Waals surface area contributed by atoms with Crippen LogP contribution in [0.1, 0.15) is 15.9 Å². The Balaban J connectivity index is 1.43. The maximum absolute atomic E-state index is 13.0. The Bertz CT molecular complexity index is 1260. The van der Waals surface area contributed by atoms with Gasteiger partial charge in [0.25, 0.3) is 11.8 Å². The van der Waals surface area contributed by atoms with E-state index in [0.29, 0.717) is 5.56 Å². The maximum atomic E-state index is 13.0. The van der Waals surface area contributed by atoms with E-state index in [4.69, 9.17) is 0 Å². The van der Waals surface area contributed by atoms with Gasteiger partial charge in [-0.2, -0.15) is 0 Å². The summed E-state index contributed by atoms with van der Waals surface area (Å²) < 4.78 is 53.8. The number of benzene rings is 2. The van der Waals surface area contributed by atoms with Gasteiger partial charge in [-0.05, 0) is 66.2 Å². The Morgan fingerprint density at radius 1 is 1.03 bits per heavy atom. The summed E-state index contributed by atoms with van der Waals surface area (Å²) in [4.78, 5) is 43.7. The average Bonchev–Trinajstić information content (AvgIpc) is 3.06. The van der Waals surface area contributed by atoms with Crippen molar-refractivity contribution in [1.82, 2.24) is 9.88 Å². The molecule has 1 aliphatic heterocycles. The predicted octanol–water partition coefficient (Wildman–Crippen LogP) is 4.34. The van der Waals surface area contributed by atoms with Crippen LogP contribution in [0.25, 0.3) is 0 Å². The van der Waals surface area contributed by atoms with Gasteiger partial charge in [0.15, 0.2) is 0 Å². The maximum Gasteiger partial charge on any atom is 0.573 e. The first-order valence-corrected chi connectivity index (χ1v) is 10.1. The summed E-state index contributed by atoms with van der Waals surface area (Å²) in [7, 11) is 0. The highest BCUT2D eigenvalue weighted by atomic mass is 19.4. The highest BCUT2D eigenvalue weighted by molar-refractivity contribution is 6.19. The molecule has 0 radical (unpaired) electrons. The van der Waals surface area contributed by atoms with Gasteiger partial charge in [-0.25, -0.2) is 19.1 Å². The van der Waals surface area contributed by atoms with Crippen LogP contribution in [0, 0.1) is 5.82 Å². The molecule has 0 atom stereocenters. The summed E-state index contributed by atoms with van der Waals surface area (Å²) in [6.07, 6.45) is -3.45. The molecule has 8 nitrogen and oxygen atoms in total. The van der Waals surface area contributed by atoms with Crippen LogP contribution in [-0.2, 0) is 11.3 Å². The summed E-state index contributed by atoms with van der Waals surface area (Å²) in [5, 5.41) is 2.57. The Hall–Kier alpha value is -4.48. The van der Waals surface area contributed by atoms with Crippen LogP contribution in [0.4, 0.5) is 33.9 Å². The van der Waals surface area contributed by atoms with E-state index < -0.39 is 35.8 Å². The topological polar surface area (TPSA) is 91.8 Å². The minimum Gasteiger partial charge on any atom is -0.406 e. The summed E-state index contributed by atoms with van der Waals surface area (Å²) in [5.41, 5.74) is 0.881. The number of halogens is 4. The van der Waals surface area contributed by atoms with Gasteiger partial charge in [0.1, 0.15) is 23.9 Å². The van der Waals surface area contributed by atoms with Crippen molar-refractivity contribution in [2.24, 2.45) is 0 Å². The standard InChI is InChI=1S/C23H16F4N4O4/c24-16-3-1-15(2-4-16)21(33)29-19-11-14(9-10-28-19)12-30-13-20(32)31(22(30)34)17-5-7-18(8-6-17)35-23(25,26)27/h1-11H,12-13H2,(H,28,29,33). The third kappa shape index (κ3) is 5.72. The number of nitrogens with one attached hydrogen (secondary N) is 1. The molecule has 4 amide bonds. The number of alkyl halides is 3. The zero-order chi connectivity index (χ0) is 25.2. The smallest absolute Gasteiger partial charge is 0.406 e. The second-order valence-electron chi connectivity index (χ2n) is 7.42. The molecule has 1 aliphatic rings. The number of urea groups is 1. The molecular formula is C23H16F4N4O4. The Morgan fingerprint density at radius 2 is 1.71 bits per heavy atom. The molecule has 2 heterocycles. The SMILES string of the molecule is O=C(Nc1cc(CN2CC(=O)N(c3ccc(OC(F)(F)F)cc3)C2=O)ccn1)c1ccc(F)cc1. The number of ether oxygens (including phenoxy) is 1. The predicted molar refractivity (Wildman–Crippen MR) is 115 cm³/mol. The van der Waals surface area contributed by atoms with Crippen LogP contribution >= 0.6 is 0 Å². The quantitative estimate of drug-likeness (QED) is 0.412. The van der Waals surface area contributed by atoms with Gasteiger partial charge in [-0.1, -0.05) is 0 Å². The number of anilines is 2. The van der Waals surface area contributed by atoms with Crippen LogP contribution in [0.15, 0.2) is 66.9 Å². The van der Waals surface area contributed by atoms with E-state index in [1.54, 1.807) is 6.07 Å². The fourth-order valence-corrected chi connectivity index (χ4v) is 3.38. The van der Waals surface area contributed by atoms with E-state index >= 15 is 0 Å². The lowest BCUT2D eigenvalue weighted by molar-refractivity contribution is -0.274. The first-order valence-electron chi connectivity index (χ1n) is 10.1. The lowest BCUT2D eigenvalue weighted by Gasteiger charge is -2.18. The largest absolute Gasteiger partial charge is 0.573 e. The molecule has 1 fully saturated rings. The summed E-state index contributed by atoms with van der Waals surface area (Å²) >= 11 is 0. The van der Waals surface area contributed by atoms with Crippen LogP contribution in [0.2, 0.25) is 0 Å². The molecule has 0 aliphatic carbocycles. The second kappa shape index (κ2) is 9.41. The van der Waals surface area contributed by atoms with Gasteiger partial charge in [0, 0.05) is 18.3 Å². The number of carbonyl (C=O) groups is 3. The third-order valence-corrected chi connectivity index (χ3v) is 4.91. The fraction of sp³-hybridized carbons (Fsp3) is 0.130. The van der Waals surface area contributed by atoms with Crippen molar-refractivity contribution in [3.63, 3.8) is 0 Å². The fourth-order valence-electron chi connectivity index (χ4n) is 3.38. The van der Waals surface area contributed by atoms with Gasteiger partial charge in [0.2, 0.25) is 0 Å². The molecular weight excluding hydrogens is 472 g/mol. The molecule has 0 spiro atoms. The Labute approximate surface area is 195 Å². The average molecular weight is 488 g/mol. The molecule has 1 N–H and O–H groups in total. The van der Waals surface area contributed by atoms with E-state index in [9.17, 15) is 31.9 Å². The zero-order valence-corrected chi connectivity index (χ0v) is 17.8. The number of hydrogen-bond donors (Lipinski definition) is 1. The molecule has 0 saturated carbocycles. The van der Waals surface area contributed by atoms with Crippen molar-refractivity contribution >= 4 is 29.4 Å². The molecule has 35 heavy (non-hydrogen) atoms. The minimum absolute atomic E-state index is 0.0122. The number of rotatable bonds is 6. The molecule has 4 rings (SSSR count). The second-order valence-corrected chi connectivity index (χ2v) is 7.42. The van der Waals surface area contributed by atoms with Crippen molar-refractivity contribution in [3.8, 4) is 5.75 Å². The lowest BCUT2D eigenvalue weighted by atomic mass is 10.2. The van der Waals surface area contributed by atoms with Crippen molar-refractivity contribution in [3.05, 3.63) is 83.8 Å². The van der Waals surface area contributed by atoms with Gasteiger partial charge in [-0.3, -0.25) is 9.59 Å². The van der Waals surface area contributed by atoms with Crippen molar-refractivity contribution in [2.75, 3.05) is 16.8 Å². The van der Waals surface area contributed by atoms with Crippen molar-refractivity contribution in [1.29, 1.82) is 0 Å². The van der Waals surface area contributed by atoms with Gasteiger partial charge >= 0.3 is 12.4 Å². The minimum atomic E-state index is -4.86. The third-order valence-electron chi connectivity index (χ3n) is 4.91. The molecule has 0 unspecified atom stereocenters. The molecule has 1 saturated heterocycles. The van der Waals surface area contributed by atoms with Gasteiger partial charge < -0.3 is 15.0 Å². The van der Waals surface area contributed by atoms with Gasteiger partial charge in [-0.15, -0.1) is 13.2 Å². The number of imide groups is 1. The van der Waals surface area contributed by atoms with Crippen LogP contribution in [-0.4, -0.2) is 40.6 Å². The Kier molecular flexibility index (Phi) is 6.36. The van der Waals surface area contributed by atoms with E-state index in [2.05, 4.69) is 15.0 Å². The van der Waals surface area contributed by atoms with E-state index in [-0.39, 0.29) is 30.2 Å². The van der Waals surface area contributed by atoms with E-state index in [1.165, 1.54) is 41.4 Å². The molecule has 0 bridgehead atoms. The number of amides is 4. The van der Waals surface area contributed by atoms with Crippen LogP contribution in [0.5, 0.6) is 5.75 Å². The molecule has 1 aromatic heterocycles. The van der Waals surface area contributed by atoms with Crippen LogP contribution in [0.3, 0.4) is 0 Å². The number of aromatic nitrogens is 1. The zero-order valence-electron chi connectivity index (χ0n) is 17.8. The van der Waals surface area contributed by atoms with Crippen molar-refractivity contribution in [2.45, 2.75) is 12.9 Å². The summed E-state index contributed by atoms with van der Waals surface area (Å²) in [6.45, 7) is -0.239. The number of hydrogen-bond acceptors (Lipinski definition) is 5. The Morgan fingerprint density at radius 3 is 2.37 bits per heavy atom. The monoisotopic (exact) mass is 488 g/mol. The van der Waals surface area contributed by atoms with Crippen molar-refractivity contribution < 1.29 is 36.7 Å². The molecule has 12 heteroatoms. The van der Waals surface area contributed by atoms with Gasteiger partial charge in [0.05, 0.1) is 5.69 Å². The first-order chi connectivity index (χ1) is 16.6. The molecule has 180 valence electrons. The van der Waals surface area contributed by atoms with E-state index in [1.807, 2.05) is 0 Å². The highest BCUT2D eigenvalue weighted by Crippen LogP contribution is 2.28. The number of nitrogens with zero attached hydrogens (tertiary/aromatic N) is 3. The molecule has 2 aromatic carbocycles. The number of pyridine rings is 1. The lowest BCUT2D eigenvalue weighted by Crippen LogP contribution is -2.32. The first kappa shape index (κ1) is 23.7. The number of carbonyl (C=O) groups excluding carboxylic acids is 3. The van der Waals surface area contributed by atoms with Crippen LogP contribution < -0.4 is 15.0 Å². The summed E-state index contributed by atoms with van der Waals surface area (Å²) in [6, 6.07) is 11.8. The molecule has 3 aromatic rings.